The second-order valence-electron chi connectivity index (χ2n) is 7.54. The van der Waals surface area contributed by atoms with Crippen LogP contribution in [-0.4, -0.2) is 41.1 Å². The first-order valence-corrected chi connectivity index (χ1v) is 9.95. The summed E-state index contributed by atoms with van der Waals surface area (Å²) in [5.74, 6) is 1.27. The summed E-state index contributed by atoms with van der Waals surface area (Å²) in [5, 5.41) is 6.05. The molecule has 7 heteroatoms. The molecule has 1 fully saturated rings. The molecule has 1 unspecified atom stereocenters. The molecule has 0 radical (unpaired) electrons. The number of rotatable bonds is 5. The summed E-state index contributed by atoms with van der Waals surface area (Å²) in [6, 6.07) is 7.69. The summed E-state index contributed by atoms with van der Waals surface area (Å²) in [7, 11) is 1.62. The fourth-order valence-corrected chi connectivity index (χ4v) is 4.18. The van der Waals surface area contributed by atoms with Crippen LogP contribution in [-0.2, 0) is 4.79 Å². The van der Waals surface area contributed by atoms with Gasteiger partial charge in [-0.15, -0.1) is 0 Å². The summed E-state index contributed by atoms with van der Waals surface area (Å²) in [6.45, 7) is 0.414. The van der Waals surface area contributed by atoms with Gasteiger partial charge in [0, 0.05) is 24.6 Å². The third-order valence-corrected chi connectivity index (χ3v) is 5.61. The first kappa shape index (κ1) is 18.5. The van der Waals surface area contributed by atoms with Gasteiger partial charge in [0.25, 0.3) is 5.91 Å². The third kappa shape index (κ3) is 3.74. The Morgan fingerprint density at radius 1 is 1.32 bits per heavy atom. The molecule has 1 aromatic carbocycles. The Bertz CT molecular complexity index is 870. The minimum absolute atomic E-state index is 0.0318. The zero-order valence-corrected chi connectivity index (χ0v) is 16.1. The van der Waals surface area contributed by atoms with E-state index in [1.165, 1.54) is 19.3 Å². The topological polar surface area (TPSA) is 85.2 Å². The van der Waals surface area contributed by atoms with Gasteiger partial charge in [-0.1, -0.05) is 31.4 Å². The lowest BCUT2D eigenvalue weighted by Gasteiger charge is -2.29. The lowest BCUT2D eigenvalue weighted by atomic mass is 9.95. The van der Waals surface area contributed by atoms with Crippen molar-refractivity contribution < 1.29 is 14.3 Å². The maximum Gasteiger partial charge on any atom is 0.269 e. The highest BCUT2D eigenvalue weighted by molar-refractivity contribution is 5.94. The van der Waals surface area contributed by atoms with E-state index in [4.69, 9.17) is 4.74 Å². The van der Waals surface area contributed by atoms with Crippen molar-refractivity contribution in [1.29, 1.82) is 0 Å². The molecule has 7 nitrogen and oxygen atoms in total. The van der Waals surface area contributed by atoms with E-state index in [2.05, 4.69) is 15.6 Å². The van der Waals surface area contributed by atoms with E-state index in [0.717, 1.165) is 24.2 Å². The van der Waals surface area contributed by atoms with Crippen molar-refractivity contribution in [2.45, 2.75) is 50.6 Å². The molecule has 2 aliphatic rings. The highest BCUT2D eigenvalue weighted by atomic mass is 16.5. The van der Waals surface area contributed by atoms with Crippen LogP contribution >= 0.6 is 0 Å². The largest absolute Gasteiger partial charge is 0.497 e. The monoisotopic (exact) mass is 382 g/mol. The van der Waals surface area contributed by atoms with Gasteiger partial charge in [0.15, 0.2) is 0 Å². The number of benzene rings is 1. The Kier molecular flexibility index (Phi) is 5.32. The molecule has 1 aromatic heterocycles. The quantitative estimate of drug-likeness (QED) is 0.833. The number of nitrogens with zero attached hydrogens (tertiary/aromatic N) is 2. The number of ether oxygens (including phenoxy) is 1. The molecule has 148 valence electrons. The number of hydrogen-bond acceptors (Lipinski definition) is 4. The van der Waals surface area contributed by atoms with Gasteiger partial charge in [-0.2, -0.15) is 0 Å². The zero-order chi connectivity index (χ0) is 19.5. The molecular weight excluding hydrogens is 356 g/mol. The second kappa shape index (κ2) is 8.04. The Balaban J connectivity index is 1.58. The maximum absolute atomic E-state index is 12.7. The number of methoxy groups -OCH3 is 1. The van der Waals surface area contributed by atoms with Crippen LogP contribution < -0.4 is 15.4 Å². The first-order chi connectivity index (χ1) is 13.7. The average Bonchev–Trinajstić information content (AvgIpc) is 3.17. The van der Waals surface area contributed by atoms with Crippen molar-refractivity contribution in [1.82, 2.24) is 20.2 Å². The molecule has 1 aliphatic heterocycles. The van der Waals surface area contributed by atoms with Crippen molar-refractivity contribution in [3.63, 3.8) is 0 Å². The smallest absolute Gasteiger partial charge is 0.269 e. The van der Waals surface area contributed by atoms with Crippen LogP contribution in [0.25, 0.3) is 11.4 Å². The number of fused-ring (bicyclic) bond motifs is 1. The molecule has 1 aliphatic carbocycles. The molecule has 0 bridgehead atoms. The van der Waals surface area contributed by atoms with E-state index in [1.54, 1.807) is 13.3 Å². The number of aromatic nitrogens is 2. The molecule has 0 spiro atoms. The van der Waals surface area contributed by atoms with Gasteiger partial charge in [0.05, 0.1) is 19.3 Å². The SMILES string of the molecule is COc1cccc(-c2ncc3n2C(CC(=O)NC2CCCCC2)CNC3=O)c1. The van der Waals surface area contributed by atoms with Crippen molar-refractivity contribution in [3.05, 3.63) is 36.2 Å². The molecular formula is C21H26N4O3. The van der Waals surface area contributed by atoms with E-state index < -0.39 is 0 Å². The second-order valence-corrected chi connectivity index (χ2v) is 7.54. The van der Waals surface area contributed by atoms with Crippen molar-refractivity contribution >= 4 is 11.8 Å². The minimum atomic E-state index is -0.167. The standard InChI is InChI=1S/C21H26N4O3/c1-28-17-9-5-6-14(10-17)20-22-13-18-21(27)23-12-16(25(18)20)11-19(26)24-15-7-3-2-4-8-15/h5-6,9-10,13,15-16H,2-4,7-8,11-12H2,1H3,(H,23,27)(H,24,26). The molecule has 2 amide bonds. The number of amides is 2. The molecule has 2 aromatic rings. The maximum atomic E-state index is 12.7. The highest BCUT2D eigenvalue weighted by Crippen LogP contribution is 2.30. The van der Waals surface area contributed by atoms with Crippen LogP contribution in [0.2, 0.25) is 0 Å². The minimum Gasteiger partial charge on any atom is -0.497 e. The Morgan fingerprint density at radius 3 is 2.93 bits per heavy atom. The van der Waals surface area contributed by atoms with Gasteiger partial charge in [0.2, 0.25) is 5.91 Å². The van der Waals surface area contributed by atoms with Crippen LogP contribution in [0.15, 0.2) is 30.5 Å². The lowest BCUT2D eigenvalue weighted by molar-refractivity contribution is -0.122. The molecule has 2 N–H and O–H groups in total. The van der Waals surface area contributed by atoms with Crippen LogP contribution in [0, 0.1) is 0 Å². The van der Waals surface area contributed by atoms with Crippen LogP contribution in [0.5, 0.6) is 5.75 Å². The van der Waals surface area contributed by atoms with E-state index in [1.807, 2.05) is 28.8 Å². The Labute approximate surface area is 164 Å². The van der Waals surface area contributed by atoms with E-state index in [-0.39, 0.29) is 23.9 Å². The number of imidazole rings is 1. The summed E-state index contributed by atoms with van der Waals surface area (Å²) in [6.07, 6.45) is 7.61. The molecule has 4 rings (SSSR count). The fourth-order valence-electron chi connectivity index (χ4n) is 4.18. The van der Waals surface area contributed by atoms with Gasteiger partial charge in [-0.25, -0.2) is 4.98 Å². The average molecular weight is 382 g/mol. The van der Waals surface area contributed by atoms with Gasteiger partial charge >= 0.3 is 0 Å². The van der Waals surface area contributed by atoms with Crippen LogP contribution in [0.1, 0.15) is 55.1 Å². The predicted octanol–water partition coefficient (Wildman–Crippen LogP) is 2.68. The summed E-state index contributed by atoms with van der Waals surface area (Å²) >= 11 is 0. The van der Waals surface area contributed by atoms with Crippen LogP contribution in [0.4, 0.5) is 0 Å². The molecule has 1 saturated carbocycles. The van der Waals surface area contributed by atoms with Gasteiger partial charge < -0.3 is 19.9 Å². The van der Waals surface area contributed by atoms with Gasteiger partial charge in [-0.3, -0.25) is 9.59 Å². The van der Waals surface area contributed by atoms with E-state index in [0.29, 0.717) is 24.5 Å². The van der Waals surface area contributed by atoms with Gasteiger partial charge in [-0.05, 0) is 25.0 Å². The summed E-state index contributed by atoms with van der Waals surface area (Å²) in [4.78, 5) is 29.4. The summed E-state index contributed by atoms with van der Waals surface area (Å²) < 4.78 is 7.21. The molecule has 1 atom stereocenters. The molecule has 0 saturated heterocycles. The van der Waals surface area contributed by atoms with Crippen molar-refractivity contribution in [3.8, 4) is 17.1 Å². The number of carbonyl (C=O) groups excluding carboxylic acids is 2. The Morgan fingerprint density at radius 2 is 2.14 bits per heavy atom. The zero-order valence-electron chi connectivity index (χ0n) is 16.1. The lowest BCUT2D eigenvalue weighted by Crippen LogP contribution is -2.43. The normalized spacial score (nSPS) is 19.6. The number of hydrogen-bond donors (Lipinski definition) is 2. The fraction of sp³-hybridized carbons (Fsp3) is 0.476. The molecule has 2 heterocycles. The summed E-state index contributed by atoms with van der Waals surface area (Å²) in [5.41, 5.74) is 1.34. The predicted molar refractivity (Wildman–Crippen MR) is 105 cm³/mol. The number of carbonyl (C=O) groups is 2. The highest BCUT2D eigenvalue weighted by Gasteiger charge is 2.30. The van der Waals surface area contributed by atoms with Crippen LogP contribution in [0.3, 0.4) is 0 Å². The Hall–Kier alpha value is -2.83. The van der Waals surface area contributed by atoms with Crippen molar-refractivity contribution in [2.24, 2.45) is 0 Å². The van der Waals surface area contributed by atoms with Gasteiger partial charge in [0.1, 0.15) is 17.3 Å². The first-order valence-electron chi connectivity index (χ1n) is 9.95. The number of nitrogens with one attached hydrogen (secondary N) is 2. The van der Waals surface area contributed by atoms with E-state index >= 15 is 0 Å². The molecule has 28 heavy (non-hydrogen) atoms. The third-order valence-electron chi connectivity index (χ3n) is 5.61. The van der Waals surface area contributed by atoms with Crippen molar-refractivity contribution in [2.75, 3.05) is 13.7 Å². The van der Waals surface area contributed by atoms with E-state index in [9.17, 15) is 9.59 Å².